The van der Waals surface area contributed by atoms with E-state index in [1.165, 1.54) is 4.57 Å². The molecule has 4 aromatic rings. The lowest BCUT2D eigenvalue weighted by molar-refractivity contribution is -0.130. The van der Waals surface area contributed by atoms with Gasteiger partial charge in [0.1, 0.15) is 17.4 Å². The lowest BCUT2D eigenvalue weighted by Crippen LogP contribution is -2.35. The number of hydrogen-bond donors (Lipinski definition) is 2. The van der Waals surface area contributed by atoms with Gasteiger partial charge in [-0.05, 0) is 99.0 Å². The van der Waals surface area contributed by atoms with E-state index in [-0.39, 0.29) is 23.3 Å². The first-order chi connectivity index (χ1) is 21.8. The highest BCUT2D eigenvalue weighted by molar-refractivity contribution is 7.92. The number of pyridine rings is 1. The maximum Gasteiger partial charge on any atom is 0.260 e. The highest BCUT2D eigenvalue weighted by Crippen LogP contribution is 2.38. The van der Waals surface area contributed by atoms with Gasteiger partial charge in [-0.1, -0.05) is 6.07 Å². The molecule has 45 heavy (non-hydrogen) atoms. The van der Waals surface area contributed by atoms with E-state index >= 15 is 0 Å². The van der Waals surface area contributed by atoms with Gasteiger partial charge in [-0.3, -0.25) is 14.2 Å². The number of carbonyl (C=O) groups is 1. The number of fused-ring (bicyclic) bond motifs is 1. The fraction of sp³-hybridized carbons (Fsp3) is 0.412. The molecule has 2 saturated heterocycles. The fourth-order valence-electron chi connectivity index (χ4n) is 6.31. The Balaban J connectivity index is 1.23. The van der Waals surface area contributed by atoms with Crippen molar-refractivity contribution in [2.24, 2.45) is 0 Å². The number of likely N-dealkylation sites (tertiary alicyclic amines) is 2. The number of hydrogen-bond acceptors (Lipinski definition) is 8. The molecule has 11 heteroatoms. The summed E-state index contributed by atoms with van der Waals surface area (Å²) in [5.74, 6) is 0.226. The number of nitrogens with zero attached hydrogens (tertiary/aromatic N) is 5. The standard InChI is InChI=1S/C34H39N7O3S/c1-22-5-12-28(30(17-22)45(44)27-10-11-27)29-18-23-19-35-34(37-25-8-6-24(7-9-25)36-26-13-16-39(2)20-26)38-32(23)41(33(29)43)21-31(42)40-14-3-4-15-40/h5-9,12,17-19,26-27,36H,3-4,10-11,13-16,20-21H2,1-2H3,(H,35,37,38). The summed E-state index contributed by atoms with van der Waals surface area (Å²) in [7, 11) is 2.14. The van der Waals surface area contributed by atoms with Crippen LogP contribution in [-0.2, 0) is 22.5 Å². The molecular formula is C34H39N7O3S. The smallest absolute Gasteiger partial charge is 0.260 e. The minimum Gasteiger partial charge on any atom is -0.611 e. The Bertz CT molecular complexity index is 1780. The largest absolute Gasteiger partial charge is 0.611 e. The van der Waals surface area contributed by atoms with Gasteiger partial charge in [0, 0.05) is 67.0 Å². The summed E-state index contributed by atoms with van der Waals surface area (Å²) in [6.45, 7) is 5.35. The number of nitrogens with one attached hydrogen (secondary N) is 2. The first-order valence-corrected chi connectivity index (χ1v) is 17.1. The number of rotatable bonds is 9. The van der Waals surface area contributed by atoms with Gasteiger partial charge in [-0.15, -0.1) is 0 Å². The number of carbonyl (C=O) groups excluding carboxylic acids is 1. The summed E-state index contributed by atoms with van der Waals surface area (Å²) >= 11 is -1.21. The molecule has 234 valence electrons. The molecule has 2 aromatic heterocycles. The molecule has 10 nitrogen and oxygen atoms in total. The van der Waals surface area contributed by atoms with Crippen LogP contribution in [0.2, 0.25) is 0 Å². The predicted molar refractivity (Wildman–Crippen MR) is 178 cm³/mol. The summed E-state index contributed by atoms with van der Waals surface area (Å²) in [5.41, 5.74) is 3.96. The van der Waals surface area contributed by atoms with Crippen molar-refractivity contribution in [3.05, 3.63) is 70.6 Å². The Labute approximate surface area is 266 Å². The van der Waals surface area contributed by atoms with E-state index < -0.39 is 11.2 Å². The molecule has 2 N–H and O–H groups in total. The third-order valence-corrected chi connectivity index (χ3v) is 10.8. The van der Waals surface area contributed by atoms with E-state index in [4.69, 9.17) is 4.98 Å². The number of likely N-dealkylation sites (N-methyl/N-ethyl adjacent to an activating group) is 1. The third-order valence-electron chi connectivity index (χ3n) is 8.95. The molecule has 7 rings (SSSR count). The maximum atomic E-state index is 14.3. The van der Waals surface area contributed by atoms with Crippen molar-refractivity contribution in [3.63, 3.8) is 0 Å². The summed E-state index contributed by atoms with van der Waals surface area (Å²) in [4.78, 5) is 41.8. The summed E-state index contributed by atoms with van der Waals surface area (Å²) in [6, 6.07) is 15.9. The normalized spacial score (nSPS) is 19.3. The van der Waals surface area contributed by atoms with E-state index in [0.29, 0.717) is 52.1 Å². The fourth-order valence-corrected chi connectivity index (χ4v) is 7.93. The Hall–Kier alpha value is -3.93. The van der Waals surface area contributed by atoms with Crippen molar-refractivity contribution in [3.8, 4) is 11.1 Å². The molecule has 0 spiro atoms. The van der Waals surface area contributed by atoms with Crippen LogP contribution in [0.1, 0.15) is 37.7 Å². The minimum absolute atomic E-state index is 0.108. The van der Waals surface area contributed by atoms with Crippen LogP contribution in [0, 0.1) is 6.92 Å². The zero-order valence-electron chi connectivity index (χ0n) is 25.8. The topological polar surface area (TPSA) is 118 Å². The monoisotopic (exact) mass is 625 g/mol. The van der Waals surface area contributed by atoms with Crippen LogP contribution in [0.25, 0.3) is 22.2 Å². The minimum atomic E-state index is -1.21. The molecule has 1 aliphatic carbocycles. The Kier molecular flexibility index (Phi) is 8.24. The third kappa shape index (κ3) is 6.43. The van der Waals surface area contributed by atoms with Gasteiger partial charge in [0.2, 0.25) is 11.9 Å². The number of amides is 1. The molecule has 2 unspecified atom stereocenters. The average molecular weight is 626 g/mol. The second-order valence-electron chi connectivity index (χ2n) is 12.6. The number of aromatic nitrogens is 3. The molecule has 1 amide bonds. The maximum absolute atomic E-state index is 14.3. The van der Waals surface area contributed by atoms with Crippen molar-refractivity contribution < 1.29 is 9.35 Å². The Morgan fingerprint density at radius 3 is 2.47 bits per heavy atom. The number of benzene rings is 2. The summed E-state index contributed by atoms with van der Waals surface area (Å²) in [5, 5.41) is 7.61. The van der Waals surface area contributed by atoms with E-state index in [2.05, 4.69) is 27.6 Å². The Morgan fingerprint density at radius 2 is 1.76 bits per heavy atom. The van der Waals surface area contributed by atoms with E-state index in [1.807, 2.05) is 54.3 Å². The molecule has 0 bridgehead atoms. The van der Waals surface area contributed by atoms with Crippen LogP contribution in [0.4, 0.5) is 17.3 Å². The predicted octanol–water partition coefficient (Wildman–Crippen LogP) is 4.52. The van der Waals surface area contributed by atoms with Crippen LogP contribution in [0.3, 0.4) is 0 Å². The van der Waals surface area contributed by atoms with Crippen molar-refractivity contribution in [2.75, 3.05) is 43.9 Å². The highest BCUT2D eigenvalue weighted by atomic mass is 32.2. The SMILES string of the molecule is Cc1ccc(-c2cc3cnc(Nc4ccc(NC5CCN(C)C5)cc4)nc3n(CC(=O)N3CCCC3)c2=O)c([S+]([O-])C2CC2)c1. The van der Waals surface area contributed by atoms with Crippen LogP contribution in [0.15, 0.2) is 64.4 Å². The zero-order chi connectivity index (χ0) is 31.1. The van der Waals surface area contributed by atoms with Gasteiger partial charge < -0.3 is 25.0 Å². The van der Waals surface area contributed by atoms with Gasteiger partial charge in [-0.2, -0.15) is 4.98 Å². The van der Waals surface area contributed by atoms with Gasteiger partial charge in [0.05, 0.1) is 5.56 Å². The van der Waals surface area contributed by atoms with Crippen LogP contribution in [0.5, 0.6) is 0 Å². The highest BCUT2D eigenvalue weighted by Gasteiger charge is 2.37. The van der Waals surface area contributed by atoms with Crippen molar-refractivity contribution in [2.45, 2.75) is 61.8 Å². The average Bonchev–Trinajstić information content (AvgIpc) is 3.57. The first kappa shape index (κ1) is 29.8. The lowest BCUT2D eigenvalue weighted by atomic mass is 10.0. The zero-order valence-corrected chi connectivity index (χ0v) is 26.6. The van der Waals surface area contributed by atoms with Crippen molar-refractivity contribution in [1.82, 2.24) is 24.3 Å². The van der Waals surface area contributed by atoms with Gasteiger partial charge in [0.15, 0.2) is 4.90 Å². The number of aryl methyl sites for hydroxylation is 1. The van der Waals surface area contributed by atoms with Crippen molar-refractivity contribution in [1.29, 1.82) is 0 Å². The quantitative estimate of drug-likeness (QED) is 0.261. The first-order valence-electron chi connectivity index (χ1n) is 15.8. The molecule has 3 fully saturated rings. The molecule has 2 aliphatic heterocycles. The van der Waals surface area contributed by atoms with E-state index in [1.54, 1.807) is 12.3 Å². The summed E-state index contributed by atoms with van der Waals surface area (Å²) in [6.07, 6.45) is 6.57. The molecule has 3 aliphatic rings. The Morgan fingerprint density at radius 1 is 1.00 bits per heavy atom. The van der Waals surface area contributed by atoms with Gasteiger partial charge >= 0.3 is 0 Å². The summed E-state index contributed by atoms with van der Waals surface area (Å²) < 4.78 is 14.9. The van der Waals surface area contributed by atoms with Gasteiger partial charge in [0.25, 0.3) is 5.56 Å². The molecule has 2 atom stereocenters. The second kappa shape index (κ2) is 12.5. The second-order valence-corrected chi connectivity index (χ2v) is 14.3. The van der Waals surface area contributed by atoms with Crippen LogP contribution in [-0.4, -0.2) is 79.3 Å². The molecular weight excluding hydrogens is 586 g/mol. The molecule has 1 saturated carbocycles. The van der Waals surface area contributed by atoms with Gasteiger partial charge in [-0.25, -0.2) is 4.98 Å². The van der Waals surface area contributed by atoms with Crippen LogP contribution < -0.4 is 16.2 Å². The number of anilines is 3. The molecule has 2 aromatic carbocycles. The lowest BCUT2D eigenvalue weighted by Gasteiger charge is -2.19. The van der Waals surface area contributed by atoms with E-state index in [0.717, 1.165) is 62.1 Å². The van der Waals surface area contributed by atoms with Crippen molar-refractivity contribution >= 4 is 45.4 Å². The molecule has 4 heterocycles. The van der Waals surface area contributed by atoms with Crippen LogP contribution >= 0.6 is 0 Å². The van der Waals surface area contributed by atoms with E-state index in [9.17, 15) is 14.1 Å². The molecule has 0 radical (unpaired) electrons.